The molecule has 1 nitrogen and oxygen atoms in total. The van der Waals surface area contributed by atoms with Crippen LogP contribution in [0, 0.1) is 5.92 Å². The summed E-state index contributed by atoms with van der Waals surface area (Å²) < 4.78 is 5.74. The van der Waals surface area contributed by atoms with E-state index in [1.54, 1.807) is 0 Å². The smallest absolute Gasteiger partial charge is 0.0581 e. The first kappa shape index (κ1) is 9.05. The number of hydrogen-bond donors (Lipinski definition) is 0. The lowest BCUT2D eigenvalue weighted by atomic mass is 10.1. The minimum absolute atomic E-state index is 0.413. The second-order valence-corrected chi connectivity index (χ2v) is 3.89. The third-order valence-corrected chi connectivity index (χ3v) is 2.54. The van der Waals surface area contributed by atoms with Gasteiger partial charge in [0.2, 0.25) is 0 Å². The summed E-state index contributed by atoms with van der Waals surface area (Å²) in [4.78, 5) is 0. The highest BCUT2D eigenvalue weighted by Gasteiger charge is 2.24. The van der Waals surface area contributed by atoms with Crippen molar-refractivity contribution in [3.63, 3.8) is 0 Å². The Morgan fingerprint density at radius 1 is 1.36 bits per heavy atom. The van der Waals surface area contributed by atoms with E-state index in [0.717, 1.165) is 5.92 Å². The first-order chi connectivity index (χ1) is 5.22. The van der Waals surface area contributed by atoms with E-state index in [0.29, 0.717) is 12.2 Å². The van der Waals surface area contributed by atoms with Crippen LogP contribution in [-0.2, 0) is 4.74 Å². The van der Waals surface area contributed by atoms with Crippen LogP contribution in [0.25, 0.3) is 0 Å². The van der Waals surface area contributed by atoms with Crippen LogP contribution >= 0.6 is 0 Å². The van der Waals surface area contributed by atoms with E-state index in [2.05, 4.69) is 20.8 Å². The molecule has 0 unspecified atom stereocenters. The van der Waals surface area contributed by atoms with E-state index in [-0.39, 0.29) is 0 Å². The molecule has 0 amide bonds. The fourth-order valence-corrected chi connectivity index (χ4v) is 1.91. The highest BCUT2D eigenvalue weighted by molar-refractivity contribution is 4.75. The van der Waals surface area contributed by atoms with E-state index in [1.165, 1.54) is 25.7 Å². The molecule has 1 rings (SSSR count). The molecule has 0 aliphatic heterocycles. The van der Waals surface area contributed by atoms with Crippen LogP contribution in [0.1, 0.15) is 46.5 Å². The van der Waals surface area contributed by atoms with Crippen LogP contribution in [0.3, 0.4) is 0 Å². The molecule has 0 heterocycles. The molecule has 1 aliphatic rings. The van der Waals surface area contributed by atoms with E-state index in [9.17, 15) is 0 Å². The van der Waals surface area contributed by atoms with Crippen molar-refractivity contribution < 1.29 is 4.74 Å². The Kier molecular flexibility index (Phi) is 3.38. The van der Waals surface area contributed by atoms with Gasteiger partial charge in [-0.15, -0.1) is 0 Å². The van der Waals surface area contributed by atoms with Gasteiger partial charge < -0.3 is 4.74 Å². The predicted octanol–water partition coefficient (Wildman–Crippen LogP) is 2.99. The molecule has 0 bridgehead atoms. The fourth-order valence-electron chi connectivity index (χ4n) is 1.91. The Bertz CT molecular complexity index is 109. The van der Waals surface area contributed by atoms with Crippen molar-refractivity contribution in [3.05, 3.63) is 0 Å². The van der Waals surface area contributed by atoms with E-state index < -0.39 is 0 Å². The van der Waals surface area contributed by atoms with E-state index in [1.807, 2.05) is 0 Å². The van der Waals surface area contributed by atoms with Crippen LogP contribution < -0.4 is 0 Å². The maximum absolute atomic E-state index is 5.74. The van der Waals surface area contributed by atoms with Crippen LogP contribution in [0.4, 0.5) is 0 Å². The SMILES string of the molecule is CC[C@H]1CC[C@@H](OC(C)C)C1. The van der Waals surface area contributed by atoms with Gasteiger partial charge in [0.15, 0.2) is 0 Å². The Balaban J connectivity index is 2.19. The molecule has 0 aromatic carbocycles. The Labute approximate surface area is 70.1 Å². The zero-order valence-corrected chi connectivity index (χ0v) is 7.97. The Morgan fingerprint density at radius 3 is 2.55 bits per heavy atom. The van der Waals surface area contributed by atoms with Gasteiger partial charge in [0.25, 0.3) is 0 Å². The molecule has 1 aliphatic carbocycles. The molecular weight excluding hydrogens is 136 g/mol. The molecule has 0 aromatic heterocycles. The van der Waals surface area contributed by atoms with Gasteiger partial charge in [-0.2, -0.15) is 0 Å². The van der Waals surface area contributed by atoms with Crippen molar-refractivity contribution in [1.29, 1.82) is 0 Å². The topological polar surface area (TPSA) is 9.23 Å². The van der Waals surface area contributed by atoms with E-state index >= 15 is 0 Å². The van der Waals surface area contributed by atoms with Gasteiger partial charge in [0, 0.05) is 0 Å². The lowest BCUT2D eigenvalue weighted by Gasteiger charge is -2.14. The van der Waals surface area contributed by atoms with Crippen LogP contribution in [-0.4, -0.2) is 12.2 Å². The summed E-state index contributed by atoms with van der Waals surface area (Å²) in [6.45, 7) is 6.53. The molecule has 0 radical (unpaired) electrons. The monoisotopic (exact) mass is 156 g/mol. The lowest BCUT2D eigenvalue weighted by Crippen LogP contribution is -2.14. The summed E-state index contributed by atoms with van der Waals surface area (Å²) in [5, 5.41) is 0. The zero-order chi connectivity index (χ0) is 8.27. The average molecular weight is 156 g/mol. The van der Waals surface area contributed by atoms with Gasteiger partial charge in [0.05, 0.1) is 12.2 Å². The maximum atomic E-state index is 5.74. The molecule has 2 atom stereocenters. The molecule has 11 heavy (non-hydrogen) atoms. The van der Waals surface area contributed by atoms with Gasteiger partial charge in [-0.05, 0) is 39.0 Å². The normalized spacial score (nSPS) is 31.6. The Morgan fingerprint density at radius 2 is 2.09 bits per heavy atom. The molecule has 0 saturated heterocycles. The quantitative estimate of drug-likeness (QED) is 0.610. The summed E-state index contributed by atoms with van der Waals surface area (Å²) in [5.41, 5.74) is 0. The summed E-state index contributed by atoms with van der Waals surface area (Å²) in [5.74, 6) is 0.943. The molecule has 0 N–H and O–H groups in total. The first-order valence-electron chi connectivity index (χ1n) is 4.87. The van der Waals surface area contributed by atoms with Crippen LogP contribution in [0.2, 0.25) is 0 Å². The highest BCUT2D eigenvalue weighted by Crippen LogP contribution is 2.30. The minimum atomic E-state index is 0.413. The third-order valence-electron chi connectivity index (χ3n) is 2.54. The molecule has 0 spiro atoms. The second-order valence-electron chi connectivity index (χ2n) is 3.89. The molecular formula is C10H20O. The molecule has 0 aromatic rings. The predicted molar refractivity (Wildman–Crippen MR) is 47.6 cm³/mol. The summed E-state index contributed by atoms with van der Waals surface area (Å²) in [6.07, 6.45) is 6.28. The Hall–Kier alpha value is -0.0400. The summed E-state index contributed by atoms with van der Waals surface area (Å²) >= 11 is 0. The summed E-state index contributed by atoms with van der Waals surface area (Å²) in [7, 11) is 0. The molecule has 66 valence electrons. The highest BCUT2D eigenvalue weighted by atomic mass is 16.5. The van der Waals surface area contributed by atoms with Crippen molar-refractivity contribution in [2.24, 2.45) is 5.92 Å². The van der Waals surface area contributed by atoms with Crippen LogP contribution in [0.5, 0.6) is 0 Å². The van der Waals surface area contributed by atoms with Gasteiger partial charge in [-0.25, -0.2) is 0 Å². The van der Waals surface area contributed by atoms with Crippen molar-refractivity contribution in [2.75, 3.05) is 0 Å². The van der Waals surface area contributed by atoms with Crippen molar-refractivity contribution in [1.82, 2.24) is 0 Å². The number of rotatable bonds is 3. The molecule has 1 saturated carbocycles. The fraction of sp³-hybridized carbons (Fsp3) is 1.00. The average Bonchev–Trinajstić information content (AvgIpc) is 2.34. The van der Waals surface area contributed by atoms with Crippen LogP contribution in [0.15, 0.2) is 0 Å². The van der Waals surface area contributed by atoms with Gasteiger partial charge in [0.1, 0.15) is 0 Å². The second kappa shape index (κ2) is 4.10. The third kappa shape index (κ3) is 2.82. The minimum Gasteiger partial charge on any atom is -0.376 e. The van der Waals surface area contributed by atoms with Crippen molar-refractivity contribution >= 4 is 0 Å². The summed E-state index contributed by atoms with van der Waals surface area (Å²) in [6, 6.07) is 0. The lowest BCUT2D eigenvalue weighted by molar-refractivity contribution is 0.0102. The molecule has 1 fully saturated rings. The zero-order valence-electron chi connectivity index (χ0n) is 7.97. The van der Waals surface area contributed by atoms with Gasteiger partial charge >= 0.3 is 0 Å². The maximum Gasteiger partial charge on any atom is 0.0581 e. The van der Waals surface area contributed by atoms with Crippen molar-refractivity contribution in [2.45, 2.75) is 58.7 Å². The first-order valence-corrected chi connectivity index (χ1v) is 4.87. The van der Waals surface area contributed by atoms with E-state index in [4.69, 9.17) is 4.74 Å². The molecule has 1 heteroatoms. The van der Waals surface area contributed by atoms with Gasteiger partial charge in [-0.3, -0.25) is 0 Å². The van der Waals surface area contributed by atoms with Crippen molar-refractivity contribution in [3.8, 4) is 0 Å². The van der Waals surface area contributed by atoms with Gasteiger partial charge in [-0.1, -0.05) is 13.3 Å². The largest absolute Gasteiger partial charge is 0.376 e. The number of ether oxygens (including phenoxy) is 1. The standard InChI is InChI=1S/C10H20O/c1-4-9-5-6-10(7-9)11-8(2)3/h8-10H,4-7H2,1-3H3/t9-,10+/m0/s1. The number of hydrogen-bond acceptors (Lipinski definition) is 1.